The number of hydrogen-bond acceptors (Lipinski definition) is 3. The molecule has 0 aromatic heterocycles. The number of sulfonamides is 1. The average Bonchev–Trinajstić information content (AvgIpc) is 2.14. The third-order valence-corrected chi connectivity index (χ3v) is 2.33. The van der Waals surface area contributed by atoms with Crippen molar-refractivity contribution in [1.82, 2.24) is 4.72 Å². The molecule has 0 aliphatic carbocycles. The Morgan fingerprint density at radius 3 is 2.33 bits per heavy atom. The van der Waals surface area contributed by atoms with Gasteiger partial charge < -0.3 is 0 Å². The average molecular weight is 228 g/mol. The normalized spacial score (nSPS) is 13.1. The molecule has 0 amide bonds. The predicted molar refractivity (Wildman–Crippen MR) is 52.7 cm³/mol. The van der Waals surface area contributed by atoms with Crippen molar-refractivity contribution < 1.29 is 12.8 Å². The van der Waals surface area contributed by atoms with Crippen LogP contribution in [0, 0.1) is 17.1 Å². The van der Waals surface area contributed by atoms with Gasteiger partial charge in [0, 0.05) is 0 Å². The van der Waals surface area contributed by atoms with E-state index in [1.54, 1.807) is 6.07 Å². The van der Waals surface area contributed by atoms with Crippen molar-refractivity contribution in [3.63, 3.8) is 0 Å². The summed E-state index contributed by atoms with van der Waals surface area (Å²) in [5.74, 6) is -0.435. The maximum absolute atomic E-state index is 12.6. The zero-order valence-corrected chi connectivity index (χ0v) is 8.75. The van der Waals surface area contributed by atoms with E-state index in [1.165, 1.54) is 24.3 Å². The minimum absolute atomic E-state index is 0.407. The van der Waals surface area contributed by atoms with Crippen molar-refractivity contribution in [2.45, 2.75) is 6.04 Å². The number of halogens is 1. The first-order valence-corrected chi connectivity index (χ1v) is 5.94. The molecule has 80 valence electrons. The van der Waals surface area contributed by atoms with Gasteiger partial charge in [-0.15, -0.1) is 0 Å². The SMILES string of the molecule is CS(=O)(=O)NC(C#N)c1ccc(F)cc1. The van der Waals surface area contributed by atoms with Crippen LogP contribution >= 0.6 is 0 Å². The molecule has 0 bridgehead atoms. The van der Waals surface area contributed by atoms with Crippen molar-refractivity contribution >= 4 is 10.0 Å². The second kappa shape index (κ2) is 4.38. The van der Waals surface area contributed by atoms with Crippen LogP contribution in [0.5, 0.6) is 0 Å². The first-order valence-electron chi connectivity index (χ1n) is 4.05. The molecule has 4 nitrogen and oxygen atoms in total. The van der Waals surface area contributed by atoms with Crippen LogP contribution in [-0.2, 0) is 10.0 Å². The maximum Gasteiger partial charge on any atom is 0.210 e. The quantitative estimate of drug-likeness (QED) is 0.837. The van der Waals surface area contributed by atoms with Gasteiger partial charge in [0.05, 0.1) is 12.3 Å². The number of nitrogens with zero attached hydrogens (tertiary/aromatic N) is 1. The molecule has 0 aliphatic heterocycles. The molecule has 1 atom stereocenters. The Balaban J connectivity index is 2.95. The summed E-state index contributed by atoms with van der Waals surface area (Å²) in [6.07, 6.45) is 0.959. The summed E-state index contributed by atoms with van der Waals surface area (Å²) in [5.41, 5.74) is 0.407. The Bertz CT molecular complexity index is 476. The van der Waals surface area contributed by atoms with Crippen molar-refractivity contribution in [2.24, 2.45) is 0 Å². The molecule has 1 aromatic rings. The number of benzene rings is 1. The third kappa shape index (κ3) is 3.65. The molecule has 0 fully saturated rings. The fourth-order valence-electron chi connectivity index (χ4n) is 1.04. The number of hydrogen-bond donors (Lipinski definition) is 1. The van der Waals surface area contributed by atoms with E-state index < -0.39 is 21.9 Å². The molecule has 1 rings (SSSR count). The van der Waals surface area contributed by atoms with Crippen molar-refractivity contribution in [1.29, 1.82) is 5.26 Å². The van der Waals surface area contributed by atoms with Crippen LogP contribution in [0.25, 0.3) is 0 Å². The molecule has 0 saturated heterocycles. The zero-order valence-electron chi connectivity index (χ0n) is 7.94. The summed E-state index contributed by atoms with van der Waals surface area (Å²) in [5, 5.41) is 8.74. The summed E-state index contributed by atoms with van der Waals surface area (Å²) in [6, 6.07) is 5.86. The maximum atomic E-state index is 12.6. The van der Waals surface area contributed by atoms with E-state index in [-0.39, 0.29) is 0 Å². The molecular weight excluding hydrogens is 219 g/mol. The lowest BCUT2D eigenvalue weighted by Gasteiger charge is -2.09. The fourth-order valence-corrected chi connectivity index (χ4v) is 1.66. The van der Waals surface area contributed by atoms with Crippen LogP contribution in [0.1, 0.15) is 11.6 Å². The minimum atomic E-state index is -3.46. The third-order valence-electron chi connectivity index (χ3n) is 1.66. The predicted octanol–water partition coefficient (Wildman–Crippen LogP) is 0.940. The van der Waals surface area contributed by atoms with E-state index in [0.29, 0.717) is 5.56 Å². The Kier molecular flexibility index (Phi) is 3.39. The van der Waals surface area contributed by atoms with E-state index in [9.17, 15) is 12.8 Å². The van der Waals surface area contributed by atoms with Crippen molar-refractivity contribution in [2.75, 3.05) is 6.26 Å². The fraction of sp³-hybridized carbons (Fsp3) is 0.222. The zero-order chi connectivity index (χ0) is 11.5. The molecule has 0 aliphatic rings. The number of nitrogens with one attached hydrogen (secondary N) is 1. The van der Waals surface area contributed by atoms with Gasteiger partial charge in [0.2, 0.25) is 10.0 Å². The van der Waals surface area contributed by atoms with Gasteiger partial charge in [0.1, 0.15) is 11.9 Å². The van der Waals surface area contributed by atoms with Crippen LogP contribution in [0.4, 0.5) is 4.39 Å². The Morgan fingerprint density at radius 1 is 1.40 bits per heavy atom. The van der Waals surface area contributed by atoms with Crippen LogP contribution in [0.2, 0.25) is 0 Å². The molecule has 1 unspecified atom stereocenters. The highest BCUT2D eigenvalue weighted by Crippen LogP contribution is 2.13. The van der Waals surface area contributed by atoms with E-state index in [0.717, 1.165) is 6.26 Å². The standard InChI is InChI=1S/C9H9FN2O2S/c1-15(13,14)12-9(6-11)7-2-4-8(10)5-3-7/h2-5,9,12H,1H3. The van der Waals surface area contributed by atoms with Gasteiger partial charge in [-0.2, -0.15) is 9.98 Å². The lowest BCUT2D eigenvalue weighted by Crippen LogP contribution is -2.26. The van der Waals surface area contributed by atoms with Crippen molar-refractivity contribution in [3.8, 4) is 6.07 Å². The Hall–Kier alpha value is -1.45. The monoisotopic (exact) mass is 228 g/mol. The van der Waals surface area contributed by atoms with Gasteiger partial charge >= 0.3 is 0 Å². The molecule has 15 heavy (non-hydrogen) atoms. The van der Waals surface area contributed by atoms with Crippen LogP contribution in [0.3, 0.4) is 0 Å². The molecule has 0 radical (unpaired) electrons. The van der Waals surface area contributed by atoms with Gasteiger partial charge in [-0.1, -0.05) is 12.1 Å². The summed E-state index contributed by atoms with van der Waals surface area (Å²) >= 11 is 0. The molecular formula is C9H9FN2O2S. The van der Waals surface area contributed by atoms with Crippen LogP contribution in [-0.4, -0.2) is 14.7 Å². The highest BCUT2D eigenvalue weighted by Gasteiger charge is 2.14. The van der Waals surface area contributed by atoms with Gasteiger partial charge in [0.25, 0.3) is 0 Å². The molecule has 0 spiro atoms. The second-order valence-corrected chi connectivity index (χ2v) is 4.78. The van der Waals surface area contributed by atoms with Crippen molar-refractivity contribution in [3.05, 3.63) is 35.6 Å². The summed E-state index contributed by atoms with van der Waals surface area (Å²) < 4.78 is 36.5. The molecule has 1 N–H and O–H groups in total. The van der Waals surface area contributed by atoms with E-state index in [4.69, 9.17) is 5.26 Å². The summed E-state index contributed by atoms with van der Waals surface area (Å²) in [4.78, 5) is 0. The van der Waals surface area contributed by atoms with E-state index in [2.05, 4.69) is 4.72 Å². The number of nitriles is 1. The second-order valence-electron chi connectivity index (χ2n) is 3.00. The van der Waals surface area contributed by atoms with Crippen LogP contribution < -0.4 is 4.72 Å². The van der Waals surface area contributed by atoms with E-state index >= 15 is 0 Å². The largest absolute Gasteiger partial charge is 0.213 e. The van der Waals surface area contributed by atoms with Crippen LogP contribution in [0.15, 0.2) is 24.3 Å². The number of rotatable bonds is 3. The van der Waals surface area contributed by atoms with E-state index in [1.807, 2.05) is 0 Å². The molecule has 6 heteroatoms. The minimum Gasteiger partial charge on any atom is -0.213 e. The molecule has 0 saturated carbocycles. The first kappa shape index (κ1) is 11.6. The highest BCUT2D eigenvalue weighted by molar-refractivity contribution is 7.88. The summed E-state index contributed by atoms with van der Waals surface area (Å²) in [6.45, 7) is 0. The topological polar surface area (TPSA) is 70.0 Å². The Labute approximate surface area is 87.4 Å². The first-order chi connectivity index (χ1) is 6.92. The molecule has 0 heterocycles. The lowest BCUT2D eigenvalue weighted by atomic mass is 10.1. The van der Waals surface area contributed by atoms with Gasteiger partial charge in [0.15, 0.2) is 0 Å². The smallest absolute Gasteiger partial charge is 0.210 e. The van der Waals surface area contributed by atoms with Gasteiger partial charge in [-0.25, -0.2) is 12.8 Å². The highest BCUT2D eigenvalue weighted by atomic mass is 32.2. The summed E-state index contributed by atoms with van der Waals surface area (Å²) in [7, 11) is -3.46. The Morgan fingerprint density at radius 2 is 1.93 bits per heavy atom. The molecule has 1 aromatic carbocycles. The van der Waals surface area contributed by atoms with Gasteiger partial charge in [-0.05, 0) is 17.7 Å². The lowest BCUT2D eigenvalue weighted by molar-refractivity contribution is 0.581. The van der Waals surface area contributed by atoms with Gasteiger partial charge in [-0.3, -0.25) is 0 Å².